The molecule has 0 atom stereocenters. The Labute approximate surface area is 121 Å². The zero-order valence-corrected chi connectivity index (χ0v) is 12.0. The topological polar surface area (TPSA) is 103 Å². The van der Waals surface area contributed by atoms with Crippen LogP contribution < -0.4 is 16.8 Å². The third kappa shape index (κ3) is 2.82. The van der Waals surface area contributed by atoms with E-state index >= 15 is 0 Å². The lowest BCUT2D eigenvalue weighted by Gasteiger charge is -2.18. The number of aryl methyl sites for hydroxylation is 1. The molecular weight excluding hydrogens is 272 g/mol. The number of rotatable bonds is 4. The highest BCUT2D eigenvalue weighted by Gasteiger charge is 2.16. The highest BCUT2D eigenvalue weighted by atomic mass is 32.1. The molecule has 1 aliphatic rings. The van der Waals surface area contributed by atoms with E-state index in [4.69, 9.17) is 11.5 Å². The van der Waals surface area contributed by atoms with Crippen LogP contribution in [-0.4, -0.2) is 21.5 Å². The van der Waals surface area contributed by atoms with Crippen LogP contribution in [0.25, 0.3) is 0 Å². The number of anilines is 3. The van der Waals surface area contributed by atoms with E-state index in [9.17, 15) is 0 Å². The Kier molecular flexibility index (Phi) is 3.68. The van der Waals surface area contributed by atoms with E-state index in [0.717, 1.165) is 43.0 Å². The summed E-state index contributed by atoms with van der Waals surface area (Å²) in [4.78, 5) is 12.9. The highest BCUT2D eigenvalue weighted by molar-refractivity contribution is 7.13. The van der Waals surface area contributed by atoms with Gasteiger partial charge >= 0.3 is 0 Å². The van der Waals surface area contributed by atoms with Gasteiger partial charge in [0.2, 0.25) is 5.95 Å². The molecule has 0 radical (unpaired) electrons. The summed E-state index contributed by atoms with van der Waals surface area (Å²) in [5.41, 5.74) is 14.7. The van der Waals surface area contributed by atoms with Crippen molar-refractivity contribution in [3.05, 3.63) is 22.3 Å². The Morgan fingerprint density at radius 3 is 2.80 bits per heavy atom. The summed E-state index contributed by atoms with van der Waals surface area (Å²) >= 11 is 1.47. The van der Waals surface area contributed by atoms with Crippen molar-refractivity contribution >= 4 is 28.2 Å². The summed E-state index contributed by atoms with van der Waals surface area (Å²) in [5.74, 6) is 1.24. The fourth-order valence-electron chi connectivity index (χ4n) is 2.51. The molecule has 7 heteroatoms. The number of aromatic nitrogens is 3. The number of nitrogens with one attached hydrogen (secondary N) is 1. The number of thiazole rings is 1. The molecule has 6 nitrogen and oxygen atoms in total. The first kappa shape index (κ1) is 13.1. The Balaban J connectivity index is 1.69. The maximum Gasteiger partial charge on any atom is 0.222 e. The van der Waals surface area contributed by atoms with E-state index in [1.165, 1.54) is 29.7 Å². The van der Waals surface area contributed by atoms with E-state index in [1.807, 2.05) is 5.38 Å². The van der Waals surface area contributed by atoms with E-state index in [2.05, 4.69) is 20.3 Å². The first-order chi connectivity index (χ1) is 9.72. The van der Waals surface area contributed by atoms with Crippen molar-refractivity contribution < 1.29 is 0 Å². The Morgan fingerprint density at radius 1 is 1.15 bits per heavy atom. The van der Waals surface area contributed by atoms with Crippen molar-refractivity contribution in [3.63, 3.8) is 0 Å². The summed E-state index contributed by atoms with van der Waals surface area (Å²) in [7, 11) is 0. The lowest BCUT2D eigenvalue weighted by atomic mass is 9.96. The molecule has 1 aliphatic carbocycles. The number of hydrogen-bond acceptors (Lipinski definition) is 7. The van der Waals surface area contributed by atoms with Crippen LogP contribution in [0.2, 0.25) is 0 Å². The molecule has 0 aromatic carbocycles. The largest absolute Gasteiger partial charge is 0.375 e. The van der Waals surface area contributed by atoms with Crippen LogP contribution in [-0.2, 0) is 19.3 Å². The fourth-order valence-corrected chi connectivity index (χ4v) is 3.10. The monoisotopic (exact) mass is 290 g/mol. The molecule has 0 amide bonds. The van der Waals surface area contributed by atoms with Gasteiger partial charge in [-0.05, 0) is 25.7 Å². The Bertz CT molecular complexity index is 609. The third-order valence-electron chi connectivity index (χ3n) is 3.44. The van der Waals surface area contributed by atoms with E-state index in [0.29, 0.717) is 11.1 Å². The standard InChI is InChI=1S/C13H18N6S/c14-12-18-10-4-2-1-3-9(10)11(19-12)16-6-5-8-7-20-13(15)17-8/h7H,1-6H2,(H2,15,17)(H3,14,16,18,19). The minimum atomic E-state index is 0.353. The van der Waals surface area contributed by atoms with Crippen molar-refractivity contribution in [2.24, 2.45) is 0 Å². The van der Waals surface area contributed by atoms with Crippen LogP contribution in [0.15, 0.2) is 5.38 Å². The molecule has 20 heavy (non-hydrogen) atoms. The third-order valence-corrected chi connectivity index (χ3v) is 4.17. The number of nitrogens with two attached hydrogens (primary N) is 2. The molecule has 3 rings (SSSR count). The van der Waals surface area contributed by atoms with E-state index < -0.39 is 0 Å². The average molecular weight is 290 g/mol. The molecular formula is C13H18N6S. The second kappa shape index (κ2) is 5.62. The predicted molar refractivity (Wildman–Crippen MR) is 81.8 cm³/mol. The normalized spacial score (nSPS) is 14.0. The van der Waals surface area contributed by atoms with Gasteiger partial charge in [-0.2, -0.15) is 4.98 Å². The molecule has 0 bridgehead atoms. The van der Waals surface area contributed by atoms with Crippen molar-refractivity contribution in [1.29, 1.82) is 0 Å². The maximum atomic E-state index is 5.78. The van der Waals surface area contributed by atoms with Crippen LogP contribution >= 0.6 is 11.3 Å². The number of hydrogen-bond donors (Lipinski definition) is 3. The van der Waals surface area contributed by atoms with Gasteiger partial charge in [-0.3, -0.25) is 0 Å². The van der Waals surface area contributed by atoms with Gasteiger partial charge in [0.05, 0.1) is 11.4 Å². The Morgan fingerprint density at radius 2 is 2.00 bits per heavy atom. The van der Waals surface area contributed by atoms with Crippen LogP contribution in [0.3, 0.4) is 0 Å². The predicted octanol–water partition coefficient (Wildman–Crippen LogP) is 1.63. The summed E-state index contributed by atoms with van der Waals surface area (Å²) < 4.78 is 0. The SMILES string of the molecule is Nc1nc2c(c(NCCc3csc(N)n3)n1)CCCC2. The fraction of sp³-hybridized carbons (Fsp3) is 0.462. The smallest absolute Gasteiger partial charge is 0.222 e. The Hall–Kier alpha value is -1.89. The van der Waals surface area contributed by atoms with E-state index in [-0.39, 0.29) is 0 Å². The molecule has 0 aliphatic heterocycles. The van der Waals surface area contributed by atoms with Crippen molar-refractivity contribution in [3.8, 4) is 0 Å². The molecule has 2 aromatic rings. The van der Waals surface area contributed by atoms with Gasteiger partial charge in [-0.15, -0.1) is 11.3 Å². The quantitative estimate of drug-likeness (QED) is 0.791. The van der Waals surface area contributed by atoms with Crippen LogP contribution in [0.4, 0.5) is 16.9 Å². The van der Waals surface area contributed by atoms with Crippen molar-refractivity contribution in [1.82, 2.24) is 15.0 Å². The van der Waals surface area contributed by atoms with Gasteiger partial charge < -0.3 is 16.8 Å². The van der Waals surface area contributed by atoms with Gasteiger partial charge in [-0.25, -0.2) is 9.97 Å². The molecule has 2 aromatic heterocycles. The summed E-state index contributed by atoms with van der Waals surface area (Å²) in [6.07, 6.45) is 5.23. The first-order valence-electron chi connectivity index (χ1n) is 6.81. The van der Waals surface area contributed by atoms with E-state index in [1.54, 1.807) is 0 Å². The van der Waals surface area contributed by atoms with Crippen LogP contribution in [0, 0.1) is 0 Å². The molecule has 0 unspecified atom stereocenters. The summed E-state index contributed by atoms with van der Waals surface area (Å²) in [5, 5.41) is 5.97. The minimum absolute atomic E-state index is 0.353. The van der Waals surface area contributed by atoms with Gasteiger partial charge in [0.25, 0.3) is 0 Å². The van der Waals surface area contributed by atoms with Crippen molar-refractivity contribution in [2.45, 2.75) is 32.1 Å². The first-order valence-corrected chi connectivity index (χ1v) is 7.69. The lowest BCUT2D eigenvalue weighted by molar-refractivity contribution is 0.665. The van der Waals surface area contributed by atoms with Gasteiger partial charge in [-0.1, -0.05) is 0 Å². The molecule has 5 N–H and O–H groups in total. The number of nitrogen functional groups attached to an aromatic ring is 2. The molecule has 0 spiro atoms. The highest BCUT2D eigenvalue weighted by Crippen LogP contribution is 2.26. The average Bonchev–Trinajstić information content (AvgIpc) is 2.84. The lowest BCUT2D eigenvalue weighted by Crippen LogP contribution is -2.16. The van der Waals surface area contributed by atoms with Crippen LogP contribution in [0.1, 0.15) is 29.8 Å². The van der Waals surface area contributed by atoms with Gasteiger partial charge in [0.1, 0.15) is 5.82 Å². The van der Waals surface area contributed by atoms with Gasteiger partial charge in [0.15, 0.2) is 5.13 Å². The second-order valence-electron chi connectivity index (χ2n) is 4.92. The molecule has 2 heterocycles. The second-order valence-corrected chi connectivity index (χ2v) is 5.81. The number of nitrogens with zero attached hydrogens (tertiary/aromatic N) is 3. The summed E-state index contributed by atoms with van der Waals surface area (Å²) in [6.45, 7) is 0.770. The molecule has 0 saturated carbocycles. The molecule has 106 valence electrons. The van der Waals surface area contributed by atoms with Crippen molar-refractivity contribution in [2.75, 3.05) is 23.3 Å². The van der Waals surface area contributed by atoms with Gasteiger partial charge in [0, 0.05) is 23.9 Å². The zero-order chi connectivity index (χ0) is 13.9. The molecule has 0 fully saturated rings. The van der Waals surface area contributed by atoms with Crippen LogP contribution in [0.5, 0.6) is 0 Å². The zero-order valence-electron chi connectivity index (χ0n) is 11.2. The maximum absolute atomic E-state index is 5.78. The summed E-state index contributed by atoms with van der Waals surface area (Å²) in [6, 6.07) is 0. The minimum Gasteiger partial charge on any atom is -0.375 e. The molecule has 0 saturated heterocycles. The number of fused-ring (bicyclic) bond motifs is 1.